The van der Waals surface area contributed by atoms with Crippen molar-refractivity contribution in [1.82, 2.24) is 10.2 Å². The molecule has 38 heavy (non-hydrogen) atoms. The summed E-state index contributed by atoms with van der Waals surface area (Å²) in [5, 5.41) is 2.93. The molecule has 8 heteroatoms. The van der Waals surface area contributed by atoms with Gasteiger partial charge in [0.25, 0.3) is 0 Å². The molecule has 1 aliphatic heterocycles. The summed E-state index contributed by atoms with van der Waals surface area (Å²) in [6, 6.07) is 16.9. The maximum atomic E-state index is 13.3. The molecule has 8 nitrogen and oxygen atoms in total. The van der Waals surface area contributed by atoms with Crippen LogP contribution in [0.5, 0.6) is 5.75 Å². The fraction of sp³-hybridized carbons (Fsp3) is 0.500. The normalized spacial score (nSPS) is 17.1. The Labute approximate surface area is 225 Å². The van der Waals surface area contributed by atoms with E-state index in [4.69, 9.17) is 14.2 Å². The Kier molecular flexibility index (Phi) is 9.78. The molecular formula is C30H40N2O6. The average Bonchev–Trinajstić information content (AvgIpc) is 3.24. The third-order valence-corrected chi connectivity index (χ3v) is 6.35. The fourth-order valence-electron chi connectivity index (χ4n) is 4.36. The molecule has 0 aromatic heterocycles. The van der Waals surface area contributed by atoms with Crippen molar-refractivity contribution in [2.75, 3.05) is 6.61 Å². The van der Waals surface area contributed by atoms with Crippen molar-refractivity contribution in [3.05, 3.63) is 65.7 Å². The van der Waals surface area contributed by atoms with E-state index in [1.165, 1.54) is 4.90 Å². The Bertz CT molecular complexity index is 1080. The largest absolute Gasteiger partial charge is 0.489 e. The van der Waals surface area contributed by atoms with E-state index in [0.717, 1.165) is 16.9 Å². The molecule has 0 unspecified atom stereocenters. The van der Waals surface area contributed by atoms with Crippen LogP contribution in [0.25, 0.3) is 0 Å². The topological polar surface area (TPSA) is 94.2 Å². The van der Waals surface area contributed by atoms with Crippen LogP contribution in [-0.2, 0) is 27.3 Å². The molecule has 3 rings (SSSR count). The van der Waals surface area contributed by atoms with Gasteiger partial charge in [-0.25, -0.2) is 14.5 Å². The maximum absolute atomic E-state index is 13.3. The van der Waals surface area contributed by atoms with Crippen LogP contribution >= 0.6 is 0 Å². The van der Waals surface area contributed by atoms with E-state index in [2.05, 4.69) is 5.32 Å². The third-order valence-electron chi connectivity index (χ3n) is 6.35. The van der Waals surface area contributed by atoms with Crippen LogP contribution in [0.4, 0.5) is 9.59 Å². The number of carbonyl (C=O) groups is 3. The molecule has 0 spiro atoms. The SMILES string of the molecule is CC(C)[C@@H]1COC(=O)N1C(=O)[C@H](C)C[C@H](Cc1ccc(OCc2ccccc2)cc1)NC(=O)OC(C)(C)C. The van der Waals surface area contributed by atoms with Gasteiger partial charge in [-0.15, -0.1) is 0 Å². The zero-order valence-electron chi connectivity index (χ0n) is 23.2. The number of amides is 3. The summed E-state index contributed by atoms with van der Waals surface area (Å²) in [4.78, 5) is 39.4. The van der Waals surface area contributed by atoms with Crippen LogP contribution in [-0.4, -0.2) is 47.3 Å². The summed E-state index contributed by atoms with van der Waals surface area (Å²) in [5.41, 5.74) is 1.40. The van der Waals surface area contributed by atoms with Gasteiger partial charge in [0.15, 0.2) is 0 Å². The van der Waals surface area contributed by atoms with E-state index in [0.29, 0.717) is 19.4 Å². The third kappa shape index (κ3) is 8.50. The lowest BCUT2D eigenvalue weighted by Gasteiger charge is -2.28. The zero-order chi connectivity index (χ0) is 27.9. The van der Waals surface area contributed by atoms with Gasteiger partial charge in [-0.1, -0.05) is 63.2 Å². The number of hydrogen-bond donors (Lipinski definition) is 1. The van der Waals surface area contributed by atoms with Gasteiger partial charge in [0.05, 0.1) is 6.04 Å². The molecule has 0 aliphatic carbocycles. The van der Waals surface area contributed by atoms with Gasteiger partial charge < -0.3 is 19.5 Å². The highest BCUT2D eigenvalue weighted by atomic mass is 16.6. The van der Waals surface area contributed by atoms with Crippen molar-refractivity contribution < 1.29 is 28.6 Å². The number of alkyl carbamates (subject to hydrolysis) is 1. The number of nitrogens with one attached hydrogen (secondary N) is 1. The van der Waals surface area contributed by atoms with Crippen LogP contribution < -0.4 is 10.1 Å². The Hall–Kier alpha value is -3.55. The molecule has 0 radical (unpaired) electrons. The van der Waals surface area contributed by atoms with Crippen LogP contribution in [0, 0.1) is 11.8 Å². The standard InChI is InChI=1S/C30H40N2O6/c1-20(2)26-19-37-29(35)32(26)27(33)21(3)16-24(31-28(34)38-30(4,5)6)17-22-12-14-25(15-13-22)36-18-23-10-8-7-9-11-23/h7-15,20-21,24,26H,16-19H2,1-6H3,(H,31,34)/t21-,24-,26+/m1/s1. The molecular weight excluding hydrogens is 484 g/mol. The number of hydrogen-bond acceptors (Lipinski definition) is 6. The fourth-order valence-corrected chi connectivity index (χ4v) is 4.36. The number of benzene rings is 2. The highest BCUT2D eigenvalue weighted by molar-refractivity contribution is 5.94. The van der Waals surface area contributed by atoms with Gasteiger partial charge >= 0.3 is 12.2 Å². The smallest absolute Gasteiger partial charge is 0.416 e. The molecule has 206 valence electrons. The highest BCUT2D eigenvalue weighted by Gasteiger charge is 2.41. The van der Waals surface area contributed by atoms with E-state index < -0.39 is 29.7 Å². The van der Waals surface area contributed by atoms with E-state index in [1.54, 1.807) is 27.7 Å². The number of rotatable bonds is 10. The average molecular weight is 525 g/mol. The van der Waals surface area contributed by atoms with Crippen LogP contribution in [0.2, 0.25) is 0 Å². The Morgan fingerprint density at radius 3 is 2.29 bits per heavy atom. The minimum Gasteiger partial charge on any atom is -0.489 e. The van der Waals surface area contributed by atoms with Crippen LogP contribution in [0.15, 0.2) is 54.6 Å². The van der Waals surface area contributed by atoms with Crippen molar-refractivity contribution in [1.29, 1.82) is 0 Å². The summed E-state index contributed by atoms with van der Waals surface area (Å²) in [6.07, 6.45) is -0.346. The molecule has 1 heterocycles. The Morgan fingerprint density at radius 1 is 1.03 bits per heavy atom. The molecule has 1 aliphatic rings. The monoisotopic (exact) mass is 524 g/mol. The lowest BCUT2D eigenvalue weighted by atomic mass is 9.94. The highest BCUT2D eigenvalue weighted by Crippen LogP contribution is 2.24. The first-order chi connectivity index (χ1) is 17.9. The van der Waals surface area contributed by atoms with Gasteiger partial charge in [0.1, 0.15) is 24.6 Å². The van der Waals surface area contributed by atoms with E-state index >= 15 is 0 Å². The number of nitrogens with zero attached hydrogens (tertiary/aromatic N) is 1. The van der Waals surface area contributed by atoms with E-state index in [1.807, 2.05) is 68.4 Å². The quantitative estimate of drug-likeness (QED) is 0.427. The van der Waals surface area contributed by atoms with Gasteiger partial charge in [-0.3, -0.25) is 4.79 Å². The lowest BCUT2D eigenvalue weighted by molar-refractivity contribution is -0.133. The van der Waals surface area contributed by atoms with Crippen molar-refractivity contribution >= 4 is 18.1 Å². The van der Waals surface area contributed by atoms with Gasteiger partial charge in [-0.05, 0) is 62.8 Å². The minimum absolute atomic E-state index is 0.0795. The molecule has 0 bridgehead atoms. The van der Waals surface area contributed by atoms with Crippen molar-refractivity contribution in [2.45, 2.75) is 78.7 Å². The minimum atomic E-state index is -0.655. The molecule has 1 N–H and O–H groups in total. The van der Waals surface area contributed by atoms with Crippen LogP contribution in [0.3, 0.4) is 0 Å². The van der Waals surface area contributed by atoms with E-state index in [-0.39, 0.29) is 24.5 Å². The predicted octanol–water partition coefficient (Wildman–Crippen LogP) is 5.73. The molecule has 1 fully saturated rings. The lowest BCUT2D eigenvalue weighted by Crippen LogP contribution is -2.47. The summed E-state index contributed by atoms with van der Waals surface area (Å²) in [6.45, 7) is 11.8. The molecule has 2 aromatic rings. The number of ether oxygens (including phenoxy) is 3. The first kappa shape index (κ1) is 29.0. The van der Waals surface area contributed by atoms with E-state index in [9.17, 15) is 14.4 Å². The van der Waals surface area contributed by atoms with Gasteiger partial charge in [0, 0.05) is 12.0 Å². The Balaban J connectivity index is 1.68. The van der Waals surface area contributed by atoms with Crippen molar-refractivity contribution in [3.63, 3.8) is 0 Å². The second-order valence-corrected chi connectivity index (χ2v) is 11.2. The first-order valence-corrected chi connectivity index (χ1v) is 13.2. The number of imide groups is 1. The van der Waals surface area contributed by atoms with Gasteiger partial charge in [-0.2, -0.15) is 0 Å². The number of carbonyl (C=O) groups excluding carboxylic acids is 3. The maximum Gasteiger partial charge on any atom is 0.416 e. The van der Waals surface area contributed by atoms with Crippen molar-refractivity contribution in [2.24, 2.45) is 11.8 Å². The predicted molar refractivity (Wildman–Crippen MR) is 145 cm³/mol. The summed E-state index contributed by atoms with van der Waals surface area (Å²) in [5.74, 6) is 0.00291. The number of cyclic esters (lactones) is 1. The molecule has 3 atom stereocenters. The second kappa shape index (κ2) is 12.8. The molecule has 2 aromatic carbocycles. The molecule has 3 amide bonds. The summed E-state index contributed by atoms with van der Waals surface area (Å²) in [7, 11) is 0. The Morgan fingerprint density at radius 2 is 1.68 bits per heavy atom. The summed E-state index contributed by atoms with van der Waals surface area (Å²) >= 11 is 0. The second-order valence-electron chi connectivity index (χ2n) is 11.2. The zero-order valence-corrected chi connectivity index (χ0v) is 23.2. The van der Waals surface area contributed by atoms with Crippen molar-refractivity contribution in [3.8, 4) is 5.75 Å². The first-order valence-electron chi connectivity index (χ1n) is 13.2. The summed E-state index contributed by atoms with van der Waals surface area (Å²) < 4.78 is 16.5. The van der Waals surface area contributed by atoms with Crippen LogP contribution in [0.1, 0.15) is 59.1 Å². The molecule has 1 saturated heterocycles. The van der Waals surface area contributed by atoms with Gasteiger partial charge in [0.2, 0.25) is 5.91 Å². The molecule has 0 saturated carbocycles.